The maximum Gasteiger partial charge on any atom is 0.211 e. The van der Waals surface area contributed by atoms with Crippen LogP contribution < -0.4 is 4.72 Å². The van der Waals surface area contributed by atoms with Crippen molar-refractivity contribution in [1.29, 1.82) is 0 Å². The molecule has 1 aromatic carbocycles. The lowest BCUT2D eigenvalue weighted by Crippen LogP contribution is -2.25. The molecule has 1 N–H and O–H groups in total. The van der Waals surface area contributed by atoms with Gasteiger partial charge in [0, 0.05) is 11.9 Å². The van der Waals surface area contributed by atoms with Crippen molar-refractivity contribution in [2.24, 2.45) is 0 Å². The maximum absolute atomic E-state index is 11.4. The minimum Gasteiger partial charge on any atom is -0.212 e. The molecule has 0 aromatic heterocycles. The minimum absolute atomic E-state index is 0.186. The smallest absolute Gasteiger partial charge is 0.211 e. The molecule has 0 unspecified atom stereocenters. The number of sulfonamides is 1. The maximum atomic E-state index is 11.4. The first-order valence-corrected chi connectivity index (χ1v) is 7.96. The van der Waals surface area contributed by atoms with E-state index in [2.05, 4.69) is 20.7 Å². The number of alkyl halides is 1. The zero-order valence-corrected chi connectivity index (χ0v) is 11.6. The summed E-state index contributed by atoms with van der Waals surface area (Å²) in [6.45, 7) is 2.22. The SMILES string of the molecule is CCCS(=O)(=O)NCc1cccc(CBr)c1. The Bertz CT molecular complexity index is 431. The summed E-state index contributed by atoms with van der Waals surface area (Å²) in [4.78, 5) is 0. The Labute approximate surface area is 105 Å². The standard InChI is InChI=1S/C11H16BrNO2S/c1-2-6-16(14,15)13-9-11-5-3-4-10(7-11)8-12/h3-5,7,13H,2,6,8-9H2,1H3. The molecule has 0 amide bonds. The van der Waals surface area contributed by atoms with Gasteiger partial charge >= 0.3 is 0 Å². The largest absolute Gasteiger partial charge is 0.212 e. The van der Waals surface area contributed by atoms with E-state index < -0.39 is 10.0 Å². The minimum atomic E-state index is -3.11. The number of hydrogen-bond acceptors (Lipinski definition) is 2. The number of rotatable bonds is 6. The molecule has 0 atom stereocenters. The lowest BCUT2D eigenvalue weighted by molar-refractivity contribution is 0.580. The second-order valence-electron chi connectivity index (χ2n) is 3.59. The van der Waals surface area contributed by atoms with Crippen molar-refractivity contribution in [3.05, 3.63) is 35.4 Å². The van der Waals surface area contributed by atoms with Gasteiger partial charge in [0.1, 0.15) is 0 Å². The molecule has 0 saturated heterocycles. The number of halogens is 1. The van der Waals surface area contributed by atoms with Crippen LogP contribution >= 0.6 is 15.9 Å². The summed E-state index contributed by atoms with van der Waals surface area (Å²) in [6.07, 6.45) is 0.636. The van der Waals surface area contributed by atoms with E-state index in [1.165, 1.54) is 0 Å². The highest BCUT2D eigenvalue weighted by Gasteiger charge is 2.07. The van der Waals surface area contributed by atoms with Crippen LogP contribution in [0.2, 0.25) is 0 Å². The van der Waals surface area contributed by atoms with E-state index in [1.807, 2.05) is 31.2 Å². The number of nitrogens with one attached hydrogen (secondary N) is 1. The zero-order chi connectivity index (χ0) is 12.0. The topological polar surface area (TPSA) is 46.2 Å². The summed E-state index contributed by atoms with van der Waals surface area (Å²) in [7, 11) is -3.11. The van der Waals surface area contributed by atoms with Gasteiger partial charge < -0.3 is 0 Å². The molecule has 0 saturated carbocycles. The van der Waals surface area contributed by atoms with Crippen molar-refractivity contribution in [2.45, 2.75) is 25.2 Å². The molecule has 1 aromatic rings. The molecular weight excluding hydrogens is 290 g/mol. The fourth-order valence-electron chi connectivity index (χ4n) is 1.36. The summed E-state index contributed by atoms with van der Waals surface area (Å²) in [6, 6.07) is 7.84. The van der Waals surface area contributed by atoms with Gasteiger partial charge in [-0.25, -0.2) is 13.1 Å². The van der Waals surface area contributed by atoms with Crippen LogP contribution in [0, 0.1) is 0 Å². The number of benzene rings is 1. The van der Waals surface area contributed by atoms with Crippen LogP contribution in [0.3, 0.4) is 0 Å². The Morgan fingerprint density at radius 1 is 1.31 bits per heavy atom. The molecule has 0 fully saturated rings. The molecule has 5 heteroatoms. The van der Waals surface area contributed by atoms with E-state index in [-0.39, 0.29) is 5.75 Å². The molecule has 0 bridgehead atoms. The van der Waals surface area contributed by atoms with Gasteiger partial charge in [-0.15, -0.1) is 0 Å². The highest BCUT2D eigenvalue weighted by atomic mass is 79.9. The zero-order valence-electron chi connectivity index (χ0n) is 9.24. The Morgan fingerprint density at radius 3 is 2.62 bits per heavy atom. The Hall–Kier alpha value is -0.390. The van der Waals surface area contributed by atoms with Crippen molar-refractivity contribution >= 4 is 26.0 Å². The van der Waals surface area contributed by atoms with Gasteiger partial charge in [0.15, 0.2) is 0 Å². The van der Waals surface area contributed by atoms with Gasteiger partial charge in [-0.05, 0) is 17.5 Å². The molecule has 16 heavy (non-hydrogen) atoms. The van der Waals surface area contributed by atoms with Crippen LogP contribution in [0.4, 0.5) is 0 Å². The quantitative estimate of drug-likeness (QED) is 0.820. The molecule has 0 aliphatic rings. The number of hydrogen-bond donors (Lipinski definition) is 1. The van der Waals surface area contributed by atoms with Gasteiger partial charge in [-0.3, -0.25) is 0 Å². The molecule has 1 rings (SSSR count). The summed E-state index contributed by atoms with van der Waals surface area (Å²) >= 11 is 3.37. The van der Waals surface area contributed by atoms with Crippen LogP contribution in [0.5, 0.6) is 0 Å². The third-order valence-corrected chi connectivity index (χ3v) is 4.29. The van der Waals surface area contributed by atoms with Crippen molar-refractivity contribution in [2.75, 3.05) is 5.75 Å². The highest BCUT2D eigenvalue weighted by Crippen LogP contribution is 2.09. The third-order valence-electron chi connectivity index (χ3n) is 2.11. The predicted molar refractivity (Wildman–Crippen MR) is 70.0 cm³/mol. The average Bonchev–Trinajstić information content (AvgIpc) is 2.27. The Kier molecular flexibility index (Phi) is 5.44. The van der Waals surface area contributed by atoms with Crippen LogP contribution in [-0.4, -0.2) is 14.2 Å². The summed E-state index contributed by atoms with van der Waals surface area (Å²) in [5, 5.41) is 0.780. The molecule has 90 valence electrons. The van der Waals surface area contributed by atoms with Crippen LogP contribution in [0.1, 0.15) is 24.5 Å². The van der Waals surface area contributed by atoms with Gasteiger partial charge in [-0.1, -0.05) is 47.1 Å². The molecular formula is C11H16BrNO2S. The van der Waals surface area contributed by atoms with Gasteiger partial charge in [0.05, 0.1) is 5.75 Å². The van der Waals surface area contributed by atoms with Gasteiger partial charge in [0.2, 0.25) is 10.0 Å². The molecule has 0 heterocycles. The molecule has 3 nitrogen and oxygen atoms in total. The average molecular weight is 306 g/mol. The van der Waals surface area contributed by atoms with Crippen LogP contribution in [0.15, 0.2) is 24.3 Å². The lowest BCUT2D eigenvalue weighted by atomic mass is 10.1. The second-order valence-corrected chi connectivity index (χ2v) is 6.08. The first-order chi connectivity index (χ1) is 7.57. The fourth-order valence-corrected chi connectivity index (χ4v) is 2.77. The van der Waals surface area contributed by atoms with E-state index in [1.54, 1.807) is 0 Å². The van der Waals surface area contributed by atoms with E-state index in [0.717, 1.165) is 16.5 Å². The molecule has 0 radical (unpaired) electrons. The first kappa shape index (κ1) is 13.7. The Morgan fingerprint density at radius 2 is 2.00 bits per heavy atom. The molecule has 0 aliphatic heterocycles. The van der Waals surface area contributed by atoms with Crippen molar-refractivity contribution in [3.63, 3.8) is 0 Å². The highest BCUT2D eigenvalue weighted by molar-refractivity contribution is 9.08. The fraction of sp³-hybridized carbons (Fsp3) is 0.455. The van der Waals surface area contributed by atoms with Gasteiger partial charge in [-0.2, -0.15) is 0 Å². The predicted octanol–water partition coefficient (Wildman–Crippen LogP) is 2.41. The van der Waals surface area contributed by atoms with Crippen LogP contribution in [-0.2, 0) is 21.9 Å². The monoisotopic (exact) mass is 305 g/mol. The van der Waals surface area contributed by atoms with Crippen molar-refractivity contribution < 1.29 is 8.42 Å². The molecule has 0 aliphatic carbocycles. The third kappa shape index (κ3) is 4.63. The lowest BCUT2D eigenvalue weighted by Gasteiger charge is -2.06. The van der Waals surface area contributed by atoms with E-state index in [9.17, 15) is 8.42 Å². The van der Waals surface area contributed by atoms with E-state index in [0.29, 0.717) is 13.0 Å². The summed E-state index contributed by atoms with van der Waals surface area (Å²) < 4.78 is 25.5. The van der Waals surface area contributed by atoms with E-state index >= 15 is 0 Å². The van der Waals surface area contributed by atoms with E-state index in [4.69, 9.17) is 0 Å². The molecule has 0 spiro atoms. The van der Waals surface area contributed by atoms with Crippen molar-refractivity contribution in [1.82, 2.24) is 4.72 Å². The second kappa shape index (κ2) is 6.37. The normalized spacial score (nSPS) is 11.6. The van der Waals surface area contributed by atoms with Gasteiger partial charge in [0.25, 0.3) is 0 Å². The summed E-state index contributed by atoms with van der Waals surface area (Å²) in [5.74, 6) is 0.186. The van der Waals surface area contributed by atoms with Crippen molar-refractivity contribution in [3.8, 4) is 0 Å². The Balaban J connectivity index is 2.61. The summed E-state index contributed by atoms with van der Waals surface area (Å²) in [5.41, 5.74) is 2.13. The first-order valence-electron chi connectivity index (χ1n) is 5.18. The van der Waals surface area contributed by atoms with Crippen LogP contribution in [0.25, 0.3) is 0 Å².